The lowest BCUT2D eigenvalue weighted by Crippen LogP contribution is -2.53. The van der Waals surface area contributed by atoms with Crippen molar-refractivity contribution in [2.75, 3.05) is 24.5 Å². The van der Waals surface area contributed by atoms with E-state index in [-0.39, 0.29) is 36.8 Å². The molecule has 0 aliphatic carbocycles. The number of β-amino-alcohol motifs (C(OH)–C–C–N with tert-alkyl or cyclic N) is 1. The molecule has 0 bridgehead atoms. The number of aliphatic hydroxyl groups excluding tert-OH is 1. The van der Waals surface area contributed by atoms with Gasteiger partial charge in [0.1, 0.15) is 24.3 Å². The Morgan fingerprint density at radius 3 is 2.53 bits per heavy atom. The average Bonchev–Trinajstić information content (AvgIpc) is 3.38. The molecule has 2 aliphatic heterocycles. The van der Waals surface area contributed by atoms with Gasteiger partial charge in [0, 0.05) is 31.7 Å². The second-order valence-electron chi connectivity index (χ2n) is 9.60. The zero-order valence-corrected chi connectivity index (χ0v) is 20.7. The Balaban J connectivity index is 1.35. The monoisotopic (exact) mass is 517 g/mol. The van der Waals surface area contributed by atoms with Gasteiger partial charge in [0.05, 0.1) is 28.3 Å². The molecule has 2 N–H and O–H groups in total. The van der Waals surface area contributed by atoms with E-state index in [0.717, 1.165) is 12.1 Å². The summed E-state index contributed by atoms with van der Waals surface area (Å²) in [6, 6.07) is 10.5. The largest absolute Gasteiger partial charge is 0.389 e. The second-order valence-corrected chi connectivity index (χ2v) is 12.0. The lowest BCUT2D eigenvalue weighted by molar-refractivity contribution is 0.0976. The van der Waals surface area contributed by atoms with Gasteiger partial charge in [0.15, 0.2) is 9.84 Å². The van der Waals surface area contributed by atoms with E-state index in [2.05, 4.69) is 15.5 Å². The number of nitrogens with zero attached hydrogens (tertiary/aromatic N) is 4. The van der Waals surface area contributed by atoms with Gasteiger partial charge in [-0.25, -0.2) is 17.2 Å². The molecule has 1 unspecified atom stereocenters. The van der Waals surface area contributed by atoms with Crippen LogP contribution in [0.1, 0.15) is 35.8 Å². The van der Waals surface area contributed by atoms with Crippen LogP contribution >= 0.6 is 0 Å². The molecule has 0 saturated carbocycles. The normalized spacial score (nSPS) is 28.2. The van der Waals surface area contributed by atoms with E-state index in [1.165, 1.54) is 12.7 Å². The van der Waals surface area contributed by atoms with Crippen LogP contribution in [-0.2, 0) is 16.3 Å². The summed E-state index contributed by atoms with van der Waals surface area (Å²) in [7, 11) is -3.67. The zero-order chi connectivity index (χ0) is 25.4. The molecular weight excluding hydrogens is 488 g/mol. The van der Waals surface area contributed by atoms with Gasteiger partial charge in [-0.3, -0.25) is 0 Å². The predicted molar refractivity (Wildman–Crippen MR) is 131 cm³/mol. The van der Waals surface area contributed by atoms with Gasteiger partial charge in [-0.2, -0.15) is 0 Å². The minimum absolute atomic E-state index is 0.0205. The fourth-order valence-corrected chi connectivity index (χ4v) is 7.73. The molecule has 2 aromatic carbocycles. The number of hydrogen-bond donors (Lipinski definition) is 2. The zero-order valence-electron chi connectivity index (χ0n) is 19.8. The molecule has 2 fully saturated rings. The standard InChI is InChI=1S/C25H29F2N5O3S/c1-16-24(36(34,35)25(12-28-16)17-5-3-2-4-6-17)10-18-9-20(27)22(11-19(18)26)31-8-7-21(23(33)13-31)32-14-29-30-15-32/h2-6,9,11,14-16,21,23-25,28,33H,7-8,10,12-13H2,1H3/t16-,21-,23-,24?,25-/m0/s1. The topological polar surface area (TPSA) is 100 Å². The van der Waals surface area contributed by atoms with Gasteiger partial charge in [0.25, 0.3) is 0 Å². The summed E-state index contributed by atoms with van der Waals surface area (Å²) in [6.07, 6.45) is 2.60. The molecule has 0 radical (unpaired) electrons. The van der Waals surface area contributed by atoms with Crippen molar-refractivity contribution in [2.45, 2.75) is 48.5 Å². The van der Waals surface area contributed by atoms with Crippen molar-refractivity contribution in [3.05, 3.63) is 77.9 Å². The summed E-state index contributed by atoms with van der Waals surface area (Å²) in [5.74, 6) is -1.30. The molecule has 2 aliphatic rings. The SMILES string of the molecule is C[C@@H]1NC[C@@H](c2ccccc2)S(=O)(=O)C1Cc1cc(F)c(N2CC[C@H](n3cnnc3)[C@@H](O)C2)cc1F. The van der Waals surface area contributed by atoms with E-state index in [4.69, 9.17) is 0 Å². The number of sulfone groups is 1. The Morgan fingerprint density at radius 1 is 1.11 bits per heavy atom. The Kier molecular flexibility index (Phi) is 6.80. The fourth-order valence-electron chi connectivity index (χ4n) is 5.36. The van der Waals surface area contributed by atoms with Crippen molar-refractivity contribution in [1.82, 2.24) is 20.1 Å². The van der Waals surface area contributed by atoms with Crippen molar-refractivity contribution in [1.29, 1.82) is 0 Å². The van der Waals surface area contributed by atoms with E-state index in [9.17, 15) is 13.5 Å². The first-order valence-corrected chi connectivity index (χ1v) is 13.6. The van der Waals surface area contributed by atoms with Crippen LogP contribution in [0.4, 0.5) is 14.5 Å². The van der Waals surface area contributed by atoms with Crippen LogP contribution in [-0.4, -0.2) is 65.3 Å². The number of anilines is 1. The van der Waals surface area contributed by atoms with Crippen LogP contribution in [0.25, 0.3) is 0 Å². The second kappa shape index (κ2) is 9.87. The molecule has 3 aromatic rings. The average molecular weight is 518 g/mol. The number of aromatic nitrogens is 3. The summed E-state index contributed by atoms with van der Waals surface area (Å²) < 4.78 is 59.2. The van der Waals surface area contributed by atoms with Crippen molar-refractivity contribution in [3.63, 3.8) is 0 Å². The van der Waals surface area contributed by atoms with Crippen LogP contribution in [0.3, 0.4) is 0 Å². The highest BCUT2D eigenvalue weighted by Crippen LogP contribution is 2.34. The maximum atomic E-state index is 15.2. The van der Waals surface area contributed by atoms with Crippen molar-refractivity contribution < 1.29 is 22.3 Å². The van der Waals surface area contributed by atoms with Crippen molar-refractivity contribution in [2.24, 2.45) is 0 Å². The van der Waals surface area contributed by atoms with Gasteiger partial charge in [-0.15, -0.1) is 10.2 Å². The molecule has 3 heterocycles. The highest BCUT2D eigenvalue weighted by Gasteiger charge is 2.43. The van der Waals surface area contributed by atoms with E-state index in [1.807, 2.05) is 6.07 Å². The third-order valence-corrected chi connectivity index (χ3v) is 10.1. The molecular formula is C25H29F2N5O3S. The number of hydrogen-bond acceptors (Lipinski definition) is 7. The first-order chi connectivity index (χ1) is 17.3. The molecule has 0 spiro atoms. The maximum absolute atomic E-state index is 15.2. The smallest absolute Gasteiger partial charge is 0.163 e. The van der Waals surface area contributed by atoms with Crippen molar-refractivity contribution >= 4 is 15.5 Å². The number of nitrogens with one attached hydrogen (secondary N) is 1. The molecule has 0 amide bonds. The van der Waals surface area contributed by atoms with E-state index >= 15 is 8.78 Å². The molecule has 5 rings (SSSR count). The van der Waals surface area contributed by atoms with Gasteiger partial charge in [-0.1, -0.05) is 30.3 Å². The van der Waals surface area contributed by atoms with Crippen LogP contribution in [0, 0.1) is 11.6 Å². The Labute approximate surface area is 208 Å². The summed E-state index contributed by atoms with van der Waals surface area (Å²) in [4.78, 5) is 1.61. The Bertz CT molecular complexity index is 1310. The highest BCUT2D eigenvalue weighted by molar-refractivity contribution is 7.92. The minimum Gasteiger partial charge on any atom is -0.389 e. The molecule has 5 atom stereocenters. The molecule has 192 valence electrons. The molecule has 8 nitrogen and oxygen atoms in total. The number of halogens is 2. The first-order valence-electron chi connectivity index (χ1n) is 12.0. The summed E-state index contributed by atoms with van der Waals surface area (Å²) in [6.45, 7) is 2.56. The molecule has 1 aromatic heterocycles. The van der Waals surface area contributed by atoms with E-state index < -0.39 is 44.1 Å². The van der Waals surface area contributed by atoms with Crippen LogP contribution in [0.5, 0.6) is 0 Å². The maximum Gasteiger partial charge on any atom is 0.163 e. The van der Waals surface area contributed by atoms with E-state index in [1.54, 1.807) is 40.7 Å². The third kappa shape index (κ3) is 4.62. The van der Waals surface area contributed by atoms with Gasteiger partial charge < -0.3 is 19.9 Å². The van der Waals surface area contributed by atoms with E-state index in [0.29, 0.717) is 18.5 Å². The fraction of sp³-hybridized carbons (Fsp3) is 0.440. The first kappa shape index (κ1) is 24.8. The van der Waals surface area contributed by atoms with Gasteiger partial charge >= 0.3 is 0 Å². The summed E-state index contributed by atoms with van der Waals surface area (Å²) in [5, 5.41) is 19.7. The quantitative estimate of drug-likeness (QED) is 0.536. The minimum atomic E-state index is -3.67. The number of benzene rings is 2. The molecule has 36 heavy (non-hydrogen) atoms. The summed E-state index contributed by atoms with van der Waals surface area (Å²) in [5.41, 5.74) is 0.752. The summed E-state index contributed by atoms with van der Waals surface area (Å²) >= 11 is 0. The lowest BCUT2D eigenvalue weighted by atomic mass is 9.99. The van der Waals surface area contributed by atoms with Gasteiger partial charge in [-0.05, 0) is 37.0 Å². The lowest BCUT2D eigenvalue weighted by Gasteiger charge is -2.38. The van der Waals surface area contributed by atoms with Crippen LogP contribution in [0.15, 0.2) is 55.1 Å². The highest BCUT2D eigenvalue weighted by atomic mass is 32.2. The van der Waals surface area contributed by atoms with Crippen LogP contribution < -0.4 is 10.2 Å². The number of piperidine rings is 1. The Morgan fingerprint density at radius 2 is 1.83 bits per heavy atom. The Hall–Kier alpha value is -2.89. The molecule has 2 saturated heterocycles. The van der Waals surface area contributed by atoms with Gasteiger partial charge in [0.2, 0.25) is 0 Å². The number of rotatable bonds is 5. The predicted octanol–water partition coefficient (Wildman–Crippen LogP) is 2.43. The van der Waals surface area contributed by atoms with Crippen LogP contribution in [0.2, 0.25) is 0 Å². The molecule has 11 heteroatoms. The third-order valence-electron chi connectivity index (χ3n) is 7.42. The van der Waals surface area contributed by atoms with Crippen molar-refractivity contribution in [3.8, 4) is 0 Å². The number of aliphatic hydroxyl groups is 1.